The second kappa shape index (κ2) is 8.80. The van der Waals surface area contributed by atoms with E-state index >= 15 is 0 Å². The fourth-order valence-corrected chi connectivity index (χ4v) is 4.93. The molecule has 1 aromatic carbocycles. The number of hydrogen-bond donors (Lipinski definition) is 0. The molecule has 0 bridgehead atoms. The lowest BCUT2D eigenvalue weighted by molar-refractivity contribution is 0.0547. The number of rotatable bonds is 6. The zero-order valence-electron chi connectivity index (χ0n) is 16.6. The van der Waals surface area contributed by atoms with Gasteiger partial charge in [0.1, 0.15) is 6.04 Å². The van der Waals surface area contributed by atoms with Crippen LogP contribution in [-0.2, 0) is 15.6 Å². The summed E-state index contributed by atoms with van der Waals surface area (Å²) >= 11 is 0. The van der Waals surface area contributed by atoms with E-state index in [0.717, 1.165) is 0 Å². The highest BCUT2D eigenvalue weighted by molar-refractivity contribution is 7.90. The van der Waals surface area contributed by atoms with E-state index in [0.29, 0.717) is 31.7 Å². The topological polar surface area (TPSA) is 94.6 Å². The Balaban J connectivity index is 1.70. The van der Waals surface area contributed by atoms with Crippen molar-refractivity contribution in [1.82, 2.24) is 9.80 Å². The molecular weight excluding hydrogens is 390 g/mol. The van der Waals surface area contributed by atoms with Crippen LogP contribution in [0.1, 0.15) is 30.0 Å². The van der Waals surface area contributed by atoms with Gasteiger partial charge in [0.25, 0.3) is 5.91 Å². The van der Waals surface area contributed by atoms with E-state index in [2.05, 4.69) is 11.0 Å². The highest BCUT2D eigenvalue weighted by Crippen LogP contribution is 2.22. The Labute approximate surface area is 171 Å². The molecule has 7 nitrogen and oxygen atoms in total. The standard InChI is InChI=1S/C21H25N3O4S/c1-16(2)19(14-22)23-9-11-24(12-10-23)21(25)20-17(8-13-28-20)15-29(26,27)18-6-4-3-5-7-18/h3-8,13,16,19H,9-12,15H2,1-2H3. The lowest BCUT2D eigenvalue weighted by Crippen LogP contribution is -2.52. The van der Waals surface area contributed by atoms with Crippen LogP contribution in [0.5, 0.6) is 0 Å². The SMILES string of the molecule is CC(C)C(C#N)N1CCN(C(=O)c2occc2CS(=O)(=O)c2ccccc2)CC1. The van der Waals surface area contributed by atoms with Crippen molar-refractivity contribution < 1.29 is 17.6 Å². The monoisotopic (exact) mass is 415 g/mol. The van der Waals surface area contributed by atoms with Crippen LogP contribution < -0.4 is 0 Å². The molecule has 3 rings (SSSR count). The van der Waals surface area contributed by atoms with E-state index in [1.807, 2.05) is 13.8 Å². The Hall–Kier alpha value is -2.63. The Morgan fingerprint density at radius 1 is 1.14 bits per heavy atom. The minimum absolute atomic E-state index is 0.0682. The van der Waals surface area contributed by atoms with Crippen molar-refractivity contribution >= 4 is 15.7 Å². The fraction of sp³-hybridized carbons (Fsp3) is 0.429. The maximum absolute atomic E-state index is 12.9. The van der Waals surface area contributed by atoms with Gasteiger partial charge >= 0.3 is 0 Å². The first-order chi connectivity index (χ1) is 13.8. The lowest BCUT2D eigenvalue weighted by atomic mass is 10.0. The molecule has 0 radical (unpaired) electrons. The zero-order chi connectivity index (χ0) is 21.0. The molecule has 154 valence electrons. The molecule has 1 atom stereocenters. The number of carbonyl (C=O) groups excluding carboxylic acids is 1. The van der Waals surface area contributed by atoms with Crippen LogP contribution >= 0.6 is 0 Å². The van der Waals surface area contributed by atoms with E-state index in [-0.39, 0.29) is 34.3 Å². The molecule has 1 aliphatic rings. The van der Waals surface area contributed by atoms with Gasteiger partial charge in [-0.3, -0.25) is 9.69 Å². The average molecular weight is 416 g/mol. The zero-order valence-corrected chi connectivity index (χ0v) is 17.4. The quantitative estimate of drug-likeness (QED) is 0.720. The number of nitriles is 1. The van der Waals surface area contributed by atoms with E-state index in [1.165, 1.54) is 24.5 Å². The minimum atomic E-state index is -3.58. The molecule has 0 saturated carbocycles. The number of furan rings is 1. The summed E-state index contributed by atoms with van der Waals surface area (Å²) in [5.41, 5.74) is 0.360. The van der Waals surface area contributed by atoms with Gasteiger partial charge in [-0.05, 0) is 24.1 Å². The van der Waals surface area contributed by atoms with Gasteiger partial charge in [-0.15, -0.1) is 0 Å². The van der Waals surface area contributed by atoms with E-state index in [4.69, 9.17) is 4.42 Å². The smallest absolute Gasteiger partial charge is 0.289 e. The van der Waals surface area contributed by atoms with E-state index in [1.54, 1.807) is 23.1 Å². The second-order valence-corrected chi connectivity index (χ2v) is 9.48. The van der Waals surface area contributed by atoms with Gasteiger partial charge in [0.05, 0.1) is 23.0 Å². The van der Waals surface area contributed by atoms with Gasteiger partial charge in [-0.25, -0.2) is 8.42 Å². The molecule has 2 heterocycles. The summed E-state index contributed by atoms with van der Waals surface area (Å²) < 4.78 is 30.7. The maximum atomic E-state index is 12.9. The maximum Gasteiger partial charge on any atom is 0.289 e. The third kappa shape index (κ3) is 4.69. The summed E-state index contributed by atoms with van der Waals surface area (Å²) in [5.74, 6) is -0.329. The van der Waals surface area contributed by atoms with Gasteiger partial charge in [0, 0.05) is 31.7 Å². The number of sulfone groups is 1. The lowest BCUT2D eigenvalue weighted by Gasteiger charge is -2.37. The van der Waals surface area contributed by atoms with Gasteiger partial charge in [0.2, 0.25) is 0 Å². The molecule has 1 fully saturated rings. The third-order valence-corrected chi connectivity index (χ3v) is 6.83. The molecule has 0 aliphatic carbocycles. The Morgan fingerprint density at radius 3 is 2.38 bits per heavy atom. The first-order valence-electron chi connectivity index (χ1n) is 9.60. The summed E-state index contributed by atoms with van der Waals surface area (Å²) in [6.45, 7) is 6.15. The van der Waals surface area contributed by atoms with Crippen molar-refractivity contribution in [3.05, 3.63) is 54.0 Å². The fourth-order valence-electron chi connectivity index (χ4n) is 3.55. The number of hydrogen-bond acceptors (Lipinski definition) is 6. The van der Waals surface area contributed by atoms with Gasteiger partial charge in [0.15, 0.2) is 15.6 Å². The van der Waals surface area contributed by atoms with Crippen LogP contribution in [-0.4, -0.2) is 56.3 Å². The molecule has 1 saturated heterocycles. The van der Waals surface area contributed by atoms with Crippen molar-refractivity contribution in [2.45, 2.75) is 30.5 Å². The first kappa shape index (κ1) is 21.1. The van der Waals surface area contributed by atoms with Crippen LogP contribution in [0, 0.1) is 17.2 Å². The molecule has 1 unspecified atom stereocenters. The Kier molecular flexibility index (Phi) is 6.40. The molecule has 0 spiro atoms. The van der Waals surface area contributed by atoms with Crippen molar-refractivity contribution in [3.8, 4) is 6.07 Å². The van der Waals surface area contributed by atoms with E-state index in [9.17, 15) is 18.5 Å². The summed E-state index contributed by atoms with van der Waals surface area (Å²) in [5, 5.41) is 9.37. The van der Waals surface area contributed by atoms with Crippen LogP contribution in [0.25, 0.3) is 0 Å². The minimum Gasteiger partial charge on any atom is -0.459 e. The largest absolute Gasteiger partial charge is 0.459 e. The average Bonchev–Trinajstić information content (AvgIpc) is 3.16. The number of amides is 1. The number of nitrogens with zero attached hydrogens (tertiary/aromatic N) is 3. The predicted octanol–water partition coefficient (Wildman–Crippen LogP) is 2.56. The van der Waals surface area contributed by atoms with Gasteiger partial charge in [-0.2, -0.15) is 5.26 Å². The molecule has 2 aromatic rings. The van der Waals surface area contributed by atoms with Crippen LogP contribution in [0.2, 0.25) is 0 Å². The number of benzene rings is 1. The summed E-state index contributed by atoms with van der Waals surface area (Å²) in [6, 6.07) is 11.8. The predicted molar refractivity (Wildman–Crippen MR) is 108 cm³/mol. The van der Waals surface area contributed by atoms with E-state index < -0.39 is 9.84 Å². The number of carbonyl (C=O) groups is 1. The highest BCUT2D eigenvalue weighted by Gasteiger charge is 2.31. The molecule has 8 heteroatoms. The Bertz CT molecular complexity index is 984. The summed E-state index contributed by atoms with van der Waals surface area (Å²) in [6.07, 6.45) is 1.35. The molecule has 29 heavy (non-hydrogen) atoms. The molecule has 1 amide bonds. The normalized spacial score (nSPS) is 16.6. The van der Waals surface area contributed by atoms with Crippen molar-refractivity contribution in [2.75, 3.05) is 26.2 Å². The van der Waals surface area contributed by atoms with Gasteiger partial charge in [-0.1, -0.05) is 32.0 Å². The molecule has 1 aliphatic heterocycles. The molecule has 0 N–H and O–H groups in total. The van der Waals surface area contributed by atoms with Crippen molar-refractivity contribution in [3.63, 3.8) is 0 Å². The van der Waals surface area contributed by atoms with Crippen LogP contribution in [0.4, 0.5) is 0 Å². The highest BCUT2D eigenvalue weighted by atomic mass is 32.2. The van der Waals surface area contributed by atoms with Gasteiger partial charge < -0.3 is 9.32 Å². The van der Waals surface area contributed by atoms with Crippen molar-refractivity contribution in [1.29, 1.82) is 5.26 Å². The van der Waals surface area contributed by atoms with Crippen LogP contribution in [0.15, 0.2) is 52.0 Å². The van der Waals surface area contributed by atoms with Crippen molar-refractivity contribution in [2.24, 2.45) is 5.92 Å². The van der Waals surface area contributed by atoms with Crippen LogP contribution in [0.3, 0.4) is 0 Å². The first-order valence-corrected chi connectivity index (χ1v) is 11.3. The summed E-state index contributed by atoms with van der Waals surface area (Å²) in [7, 11) is -3.58. The second-order valence-electron chi connectivity index (χ2n) is 7.49. The number of piperazine rings is 1. The third-order valence-electron chi connectivity index (χ3n) is 5.15. The molecule has 1 aromatic heterocycles. The molecular formula is C21H25N3O4S. The Morgan fingerprint density at radius 2 is 1.79 bits per heavy atom. The summed E-state index contributed by atoms with van der Waals surface area (Å²) in [4.78, 5) is 16.9.